The van der Waals surface area contributed by atoms with Crippen molar-refractivity contribution in [2.24, 2.45) is 5.92 Å². The van der Waals surface area contributed by atoms with Gasteiger partial charge in [0.05, 0.1) is 36.5 Å². The summed E-state index contributed by atoms with van der Waals surface area (Å²) < 4.78 is 6.58. The molecule has 7 nitrogen and oxygen atoms in total. The molecule has 2 heterocycles. The molecular weight excluding hydrogens is 581 g/mol. The van der Waals surface area contributed by atoms with Gasteiger partial charge < -0.3 is 19.5 Å². The Labute approximate surface area is 266 Å². The number of hydrogen-bond acceptors (Lipinski definition) is 5. The van der Waals surface area contributed by atoms with Crippen molar-refractivity contribution in [3.8, 4) is 0 Å². The minimum Gasteiger partial charge on any atom is -0.432 e. The maximum atomic E-state index is 13.5. The van der Waals surface area contributed by atoms with Crippen LogP contribution in [0.15, 0.2) is 91.0 Å². The van der Waals surface area contributed by atoms with Crippen molar-refractivity contribution >= 4 is 42.3 Å². The molecule has 0 spiro atoms. The average molecular weight is 623 g/mol. The first-order valence-corrected chi connectivity index (χ1v) is 18.9. The fourth-order valence-corrected chi connectivity index (χ4v) is 10.0. The molecule has 0 bridgehead atoms. The highest BCUT2D eigenvalue weighted by Crippen LogP contribution is 2.46. The Bertz CT molecular complexity index is 1670. The van der Waals surface area contributed by atoms with Gasteiger partial charge in [-0.15, -0.1) is 0 Å². The van der Waals surface area contributed by atoms with Crippen molar-refractivity contribution in [1.82, 2.24) is 4.90 Å². The maximum Gasteiger partial charge on any atom is 0.263 e. The quantitative estimate of drug-likeness (QED) is 0.188. The Morgan fingerprint density at radius 2 is 1.62 bits per heavy atom. The van der Waals surface area contributed by atoms with Gasteiger partial charge in [0.2, 0.25) is 5.91 Å². The van der Waals surface area contributed by atoms with Gasteiger partial charge in [-0.25, -0.2) is 0 Å². The van der Waals surface area contributed by atoms with Gasteiger partial charge in [0, 0.05) is 29.7 Å². The lowest BCUT2D eigenvalue weighted by molar-refractivity contribution is -0.135. The lowest BCUT2D eigenvalue weighted by Crippen LogP contribution is -2.42. The van der Waals surface area contributed by atoms with Crippen LogP contribution in [0.4, 0.5) is 11.4 Å². The molecule has 8 heteroatoms. The molecule has 0 unspecified atom stereocenters. The number of carbonyl (C=O) groups is 2. The van der Waals surface area contributed by atoms with Gasteiger partial charge in [-0.3, -0.25) is 14.5 Å². The van der Waals surface area contributed by atoms with E-state index in [1.165, 1.54) is 0 Å². The van der Waals surface area contributed by atoms with Crippen LogP contribution in [-0.2, 0) is 22.5 Å². The molecule has 0 aromatic heterocycles. The number of anilines is 2. The fraction of sp³-hybridized carbons (Fsp3) is 0.351. The molecule has 4 atom stereocenters. The molecule has 2 aliphatic rings. The number of hydrogen-bond donors (Lipinski definition) is 2. The number of amides is 2. The molecule has 45 heavy (non-hydrogen) atoms. The molecule has 0 radical (unpaired) electrons. The first-order valence-electron chi connectivity index (χ1n) is 15.9. The van der Waals surface area contributed by atoms with E-state index in [1.54, 1.807) is 9.80 Å². The Kier molecular flexibility index (Phi) is 8.93. The molecule has 1 saturated heterocycles. The van der Waals surface area contributed by atoms with Gasteiger partial charge in [-0.2, -0.15) is 0 Å². The summed E-state index contributed by atoms with van der Waals surface area (Å²) in [5.41, 5.74) is 4.56. The van der Waals surface area contributed by atoms with Crippen molar-refractivity contribution < 1.29 is 24.2 Å². The molecule has 4 aromatic rings. The third-order valence-corrected chi connectivity index (χ3v) is 12.0. The van der Waals surface area contributed by atoms with Gasteiger partial charge >= 0.3 is 0 Å². The summed E-state index contributed by atoms with van der Waals surface area (Å²) in [6.45, 7) is 6.58. The Morgan fingerprint density at radius 3 is 2.31 bits per heavy atom. The van der Waals surface area contributed by atoms with Gasteiger partial charge in [0.25, 0.3) is 5.91 Å². The van der Waals surface area contributed by atoms with E-state index in [4.69, 9.17) is 4.74 Å². The second-order valence-corrected chi connectivity index (χ2v) is 17.0. The third kappa shape index (κ3) is 6.33. The number of benzene rings is 4. The zero-order valence-electron chi connectivity index (χ0n) is 26.2. The van der Waals surface area contributed by atoms with E-state index in [0.29, 0.717) is 6.54 Å². The second-order valence-electron chi connectivity index (χ2n) is 13.0. The molecular formula is C37H42N2O5Si. The highest BCUT2D eigenvalue weighted by Gasteiger charge is 2.50. The van der Waals surface area contributed by atoms with Crippen molar-refractivity contribution in [3.05, 3.63) is 108 Å². The smallest absolute Gasteiger partial charge is 0.263 e. The number of aryl methyl sites for hydroxylation is 1. The van der Waals surface area contributed by atoms with E-state index in [0.717, 1.165) is 51.7 Å². The van der Waals surface area contributed by atoms with E-state index in [9.17, 15) is 19.5 Å². The van der Waals surface area contributed by atoms with E-state index in [-0.39, 0.29) is 55.1 Å². The fourth-order valence-electron chi connectivity index (χ4n) is 7.42. The maximum absolute atomic E-state index is 13.5. The van der Waals surface area contributed by atoms with Gasteiger partial charge in [0.15, 0.2) is 8.32 Å². The molecule has 2 amide bonds. The minimum absolute atomic E-state index is 0.00790. The van der Waals surface area contributed by atoms with Gasteiger partial charge in [-0.05, 0) is 72.6 Å². The first kappa shape index (κ1) is 31.2. The van der Waals surface area contributed by atoms with E-state index in [1.807, 2.05) is 92.0 Å². The van der Waals surface area contributed by atoms with Gasteiger partial charge in [0.1, 0.15) is 0 Å². The zero-order chi connectivity index (χ0) is 31.7. The van der Waals surface area contributed by atoms with Crippen LogP contribution in [0.2, 0.25) is 18.6 Å². The van der Waals surface area contributed by atoms with Crippen LogP contribution in [0, 0.1) is 5.92 Å². The third-order valence-electron chi connectivity index (χ3n) is 9.50. The summed E-state index contributed by atoms with van der Waals surface area (Å²) in [5.74, 6) is 0.0285. The highest BCUT2D eigenvalue weighted by molar-refractivity contribution is 6.71. The normalized spacial score (nSPS) is 21.1. The van der Waals surface area contributed by atoms with E-state index >= 15 is 0 Å². The number of aliphatic hydroxyl groups is 1. The van der Waals surface area contributed by atoms with Crippen LogP contribution in [-0.4, -0.2) is 60.3 Å². The summed E-state index contributed by atoms with van der Waals surface area (Å²) >= 11 is 0. The van der Waals surface area contributed by atoms with E-state index < -0.39 is 8.32 Å². The van der Waals surface area contributed by atoms with Crippen LogP contribution in [0.1, 0.15) is 41.3 Å². The van der Waals surface area contributed by atoms with Crippen LogP contribution in [0.5, 0.6) is 0 Å². The van der Waals surface area contributed by atoms with Crippen LogP contribution in [0.3, 0.4) is 0 Å². The predicted octanol–water partition coefficient (Wildman–Crippen LogP) is 6.45. The standard InChI is InChI=1S/C37H42N2O5Si/c1-25-32(44-33(36(25)45(2,3)43)23-34(41)38(21-22-40)24-27-9-5-4-6-10-27)20-17-26-15-18-29(19-16-26)39-31-14-8-12-28-11-7-13-30(35(28)31)37(39)42/h4-16,18-19,25,32-33,36,40,43H,17,20-24H2,1-3H3/t25-,32+,33-,36+/m1/s1. The number of nitrogens with zero attached hydrogens (tertiary/aromatic N) is 2. The second kappa shape index (κ2) is 12.9. The zero-order valence-corrected chi connectivity index (χ0v) is 27.2. The predicted molar refractivity (Wildman–Crippen MR) is 180 cm³/mol. The van der Waals surface area contributed by atoms with Crippen LogP contribution >= 0.6 is 0 Å². The lowest BCUT2D eigenvalue weighted by atomic mass is 9.95. The highest BCUT2D eigenvalue weighted by atomic mass is 28.4. The monoisotopic (exact) mass is 622 g/mol. The molecule has 0 aliphatic carbocycles. The van der Waals surface area contributed by atoms with E-state index in [2.05, 4.69) is 19.1 Å². The number of carbonyl (C=O) groups excluding carboxylic acids is 2. The van der Waals surface area contributed by atoms with Gasteiger partial charge in [-0.1, -0.05) is 73.7 Å². The Morgan fingerprint density at radius 1 is 0.911 bits per heavy atom. The molecule has 234 valence electrons. The van der Waals surface area contributed by atoms with Crippen LogP contribution in [0.25, 0.3) is 10.8 Å². The Balaban J connectivity index is 1.12. The topological polar surface area (TPSA) is 90.3 Å². The largest absolute Gasteiger partial charge is 0.432 e. The van der Waals surface area contributed by atoms with Crippen molar-refractivity contribution in [1.29, 1.82) is 0 Å². The molecule has 1 fully saturated rings. The van der Waals surface area contributed by atoms with Crippen molar-refractivity contribution in [3.63, 3.8) is 0 Å². The summed E-state index contributed by atoms with van der Waals surface area (Å²) in [6, 6.07) is 29.8. The van der Waals surface area contributed by atoms with Crippen LogP contribution < -0.4 is 4.90 Å². The minimum atomic E-state index is -2.65. The molecule has 2 N–H and O–H groups in total. The first-order chi connectivity index (χ1) is 21.7. The lowest BCUT2D eigenvalue weighted by Gasteiger charge is -2.31. The number of ether oxygens (including phenoxy) is 1. The van der Waals surface area contributed by atoms with Crippen molar-refractivity contribution in [2.45, 2.75) is 63.6 Å². The average Bonchev–Trinajstić information content (AvgIpc) is 3.50. The summed E-state index contributed by atoms with van der Waals surface area (Å²) in [4.78, 5) is 41.6. The Hall–Kier alpha value is -3.82. The SMILES string of the molecule is C[C@H]1[C@H]([Si](C)(C)O)[C@@H](CC(=O)N(CCO)Cc2ccccc2)O[C@H]1CCc1ccc(N2C(=O)c3cccc4cccc2c34)cc1. The molecule has 0 saturated carbocycles. The summed E-state index contributed by atoms with van der Waals surface area (Å²) in [6.07, 6.45) is 1.28. The molecule has 2 aliphatic heterocycles. The van der Waals surface area contributed by atoms with Crippen molar-refractivity contribution in [2.75, 3.05) is 18.1 Å². The number of rotatable bonds is 11. The summed E-state index contributed by atoms with van der Waals surface area (Å²) in [5, 5.41) is 11.7. The molecule has 4 aromatic carbocycles. The summed E-state index contributed by atoms with van der Waals surface area (Å²) in [7, 11) is -2.65. The molecule has 6 rings (SSSR count). The number of aliphatic hydroxyl groups excluding tert-OH is 1.